The van der Waals surface area contributed by atoms with Gasteiger partial charge in [-0.25, -0.2) is 9.97 Å². The van der Waals surface area contributed by atoms with Crippen LogP contribution in [0.2, 0.25) is 0 Å². The molecule has 0 aliphatic heterocycles. The molecule has 3 N–H and O–H groups in total. The molecule has 19 heteroatoms. The molecule has 1 unspecified atom stereocenters. The molecular formula is C35H53N7O12. The van der Waals surface area contributed by atoms with E-state index in [1.54, 1.807) is 59.2 Å². The number of hydrogen-bond donors (Lipinski definition) is 3. The van der Waals surface area contributed by atoms with E-state index in [0.29, 0.717) is 42.4 Å². The number of carbonyl (C=O) groups excluding carboxylic acids is 4. The number of carbonyl (C=O) groups is 7. The second-order valence-corrected chi connectivity index (χ2v) is 14.8. The molecule has 300 valence electrons. The Labute approximate surface area is 313 Å². The number of aromatic nitrogens is 4. The van der Waals surface area contributed by atoms with Crippen molar-refractivity contribution in [1.82, 2.24) is 33.8 Å². The Morgan fingerprint density at radius 3 is 1.46 bits per heavy atom. The van der Waals surface area contributed by atoms with Gasteiger partial charge in [0.15, 0.2) is 0 Å². The van der Waals surface area contributed by atoms with Crippen LogP contribution in [-0.4, -0.2) is 135 Å². The smallest absolute Gasteiger partial charge is 0.326 e. The summed E-state index contributed by atoms with van der Waals surface area (Å²) < 4.78 is 13.8. The van der Waals surface area contributed by atoms with E-state index >= 15 is 0 Å². The molecule has 1 atom stereocenters. The van der Waals surface area contributed by atoms with Crippen LogP contribution in [0.15, 0.2) is 24.8 Å². The second kappa shape index (κ2) is 20.2. The third kappa shape index (κ3) is 17.0. The molecule has 2 aromatic heterocycles. The highest BCUT2D eigenvalue weighted by atomic mass is 16.6. The Kier molecular flexibility index (Phi) is 16.8. The first-order valence-corrected chi connectivity index (χ1v) is 17.4. The topological polar surface area (TPSA) is 244 Å². The Morgan fingerprint density at radius 1 is 0.685 bits per heavy atom. The van der Waals surface area contributed by atoms with Crippen LogP contribution < -0.4 is 0 Å². The van der Waals surface area contributed by atoms with Crippen LogP contribution in [0, 0.1) is 5.92 Å². The van der Waals surface area contributed by atoms with Crippen LogP contribution in [0.1, 0.15) is 79.4 Å². The number of rotatable bonds is 22. The lowest BCUT2D eigenvalue weighted by Crippen LogP contribution is -2.44. The molecule has 2 heterocycles. The molecule has 0 aromatic carbocycles. The molecule has 0 saturated heterocycles. The maximum Gasteiger partial charge on any atom is 0.326 e. The second-order valence-electron chi connectivity index (χ2n) is 14.8. The van der Waals surface area contributed by atoms with Crippen molar-refractivity contribution in [3.63, 3.8) is 0 Å². The minimum atomic E-state index is -1.37. The van der Waals surface area contributed by atoms with Crippen molar-refractivity contribution in [2.75, 3.05) is 32.7 Å². The molecule has 0 fully saturated rings. The summed E-state index contributed by atoms with van der Waals surface area (Å²) in [7, 11) is 0. The first-order valence-electron chi connectivity index (χ1n) is 17.4. The van der Waals surface area contributed by atoms with Gasteiger partial charge < -0.3 is 43.7 Å². The van der Waals surface area contributed by atoms with Crippen LogP contribution in [0.4, 0.5) is 0 Å². The molecule has 0 saturated carbocycles. The first kappa shape index (κ1) is 44.8. The minimum absolute atomic E-state index is 0.136. The molecule has 0 aliphatic carbocycles. The molecule has 19 nitrogen and oxygen atoms in total. The summed E-state index contributed by atoms with van der Waals surface area (Å²) in [5, 5.41) is 27.7. The van der Waals surface area contributed by atoms with Gasteiger partial charge in [0.1, 0.15) is 62.1 Å². The maximum absolute atomic E-state index is 13.7. The van der Waals surface area contributed by atoms with E-state index in [0.717, 1.165) is 4.90 Å². The number of imidazole rings is 2. The van der Waals surface area contributed by atoms with Crippen LogP contribution in [-0.2, 0) is 69.2 Å². The number of nitrogens with zero attached hydrogens (tertiary/aromatic N) is 7. The predicted molar refractivity (Wildman–Crippen MR) is 189 cm³/mol. The highest BCUT2D eigenvalue weighted by Gasteiger charge is 2.28. The van der Waals surface area contributed by atoms with Crippen molar-refractivity contribution < 1.29 is 58.4 Å². The average molecular weight is 764 g/mol. The van der Waals surface area contributed by atoms with Gasteiger partial charge >= 0.3 is 29.8 Å². The molecule has 0 radical (unpaired) electrons. The quantitative estimate of drug-likeness (QED) is 0.114. The van der Waals surface area contributed by atoms with E-state index in [-0.39, 0.29) is 26.2 Å². The fraction of sp³-hybridized carbons (Fsp3) is 0.629. The molecule has 2 amide bonds. The number of esters is 2. The monoisotopic (exact) mass is 763 g/mol. The van der Waals surface area contributed by atoms with Crippen LogP contribution in [0.25, 0.3) is 0 Å². The number of carboxylic acid groups (broad SMARTS) is 3. The lowest BCUT2D eigenvalue weighted by atomic mass is 10.0. The summed E-state index contributed by atoms with van der Waals surface area (Å²) in [6, 6.07) is 0. The fourth-order valence-electron chi connectivity index (χ4n) is 5.14. The van der Waals surface area contributed by atoms with Crippen molar-refractivity contribution in [2.45, 2.75) is 105 Å². The van der Waals surface area contributed by atoms with E-state index in [1.165, 1.54) is 23.2 Å². The number of unbranched alkanes of at least 4 members (excludes halogenated alkanes) is 1. The zero-order valence-electron chi connectivity index (χ0n) is 32.0. The summed E-state index contributed by atoms with van der Waals surface area (Å²) >= 11 is 0. The van der Waals surface area contributed by atoms with Crippen molar-refractivity contribution in [3.05, 3.63) is 36.4 Å². The van der Waals surface area contributed by atoms with Crippen molar-refractivity contribution in [3.8, 4) is 0 Å². The summed E-state index contributed by atoms with van der Waals surface area (Å²) in [6.45, 7) is 9.12. The summed E-state index contributed by atoms with van der Waals surface area (Å²) in [5.74, 6) is -6.12. The average Bonchev–Trinajstić information content (AvgIpc) is 3.64. The number of amides is 2. The van der Waals surface area contributed by atoms with Crippen LogP contribution in [0.3, 0.4) is 0 Å². The lowest BCUT2D eigenvalue weighted by molar-refractivity contribution is -0.164. The highest BCUT2D eigenvalue weighted by Crippen LogP contribution is 2.15. The molecule has 2 rings (SSSR count). The number of aliphatic carboxylic acids is 3. The zero-order valence-corrected chi connectivity index (χ0v) is 32.0. The van der Waals surface area contributed by atoms with Crippen LogP contribution in [0.5, 0.6) is 0 Å². The minimum Gasteiger partial charge on any atom is -0.481 e. The van der Waals surface area contributed by atoms with Gasteiger partial charge in [0.25, 0.3) is 0 Å². The van der Waals surface area contributed by atoms with E-state index in [9.17, 15) is 48.9 Å². The van der Waals surface area contributed by atoms with E-state index < -0.39 is 85.0 Å². The standard InChI is InChI=1S/C35H53N7O12/c1-24(33(51)52)10-8-9-13-38(16-25-36-11-14-39(25)18-27(43)41(20-29(45)46)21-30(47)48)17-26-37-12-15-40(26)19-28(44)42(22-31(49)53-34(2,3)4)23-32(50)54-35(5,6)7/h11-12,14-15,24H,8-10,13,16-23H2,1-7H3,(H,45,46)(H,47,48)(H,51,52). The van der Waals surface area contributed by atoms with E-state index in [2.05, 4.69) is 9.97 Å². The maximum atomic E-state index is 13.7. The Bertz CT molecular complexity index is 1580. The Balaban J connectivity index is 2.32. The molecule has 54 heavy (non-hydrogen) atoms. The van der Waals surface area contributed by atoms with Crippen molar-refractivity contribution in [1.29, 1.82) is 0 Å². The number of hydrogen-bond acceptors (Lipinski definition) is 12. The van der Waals surface area contributed by atoms with Crippen molar-refractivity contribution >= 4 is 41.7 Å². The zero-order chi connectivity index (χ0) is 40.8. The fourth-order valence-corrected chi connectivity index (χ4v) is 5.14. The van der Waals surface area contributed by atoms with Gasteiger partial charge in [0.05, 0.1) is 19.0 Å². The number of ether oxygens (including phenoxy) is 2. The largest absolute Gasteiger partial charge is 0.481 e. The molecule has 2 aromatic rings. The summed E-state index contributed by atoms with van der Waals surface area (Å²) in [6.07, 6.45) is 7.58. The van der Waals surface area contributed by atoms with Gasteiger partial charge in [-0.05, 0) is 60.9 Å². The van der Waals surface area contributed by atoms with Crippen LogP contribution >= 0.6 is 0 Å². The lowest BCUT2D eigenvalue weighted by Gasteiger charge is -2.27. The molecule has 0 aliphatic rings. The Hall–Kier alpha value is -5.33. The van der Waals surface area contributed by atoms with E-state index in [1.807, 2.05) is 4.90 Å². The van der Waals surface area contributed by atoms with Gasteiger partial charge in [0.2, 0.25) is 11.8 Å². The molecular weight excluding hydrogens is 710 g/mol. The molecule has 0 bridgehead atoms. The third-order valence-corrected chi connectivity index (χ3v) is 7.57. The number of carboxylic acids is 3. The van der Waals surface area contributed by atoms with Gasteiger partial charge in [-0.1, -0.05) is 13.3 Å². The Morgan fingerprint density at radius 2 is 1.09 bits per heavy atom. The normalized spacial score (nSPS) is 12.2. The third-order valence-electron chi connectivity index (χ3n) is 7.57. The van der Waals surface area contributed by atoms with Gasteiger partial charge in [-0.3, -0.25) is 38.5 Å². The van der Waals surface area contributed by atoms with Gasteiger partial charge in [0, 0.05) is 24.8 Å². The van der Waals surface area contributed by atoms with Gasteiger partial charge in [-0.15, -0.1) is 0 Å². The SMILES string of the molecule is CC(CCCCN(Cc1nccn1CC(=O)N(CC(=O)O)CC(=O)O)Cc1nccn1CC(=O)N(CC(=O)OC(C)(C)C)CC(=O)OC(C)(C)C)C(=O)O. The predicted octanol–water partition coefficient (Wildman–Crippen LogP) is 1.48. The van der Waals surface area contributed by atoms with Crippen molar-refractivity contribution in [2.24, 2.45) is 5.92 Å². The summed E-state index contributed by atoms with van der Waals surface area (Å²) in [4.78, 5) is 98.4. The van der Waals surface area contributed by atoms with Gasteiger partial charge in [-0.2, -0.15) is 0 Å². The summed E-state index contributed by atoms with van der Waals surface area (Å²) in [5.41, 5.74) is -1.66. The highest BCUT2D eigenvalue weighted by molar-refractivity contribution is 5.86. The molecule has 0 spiro atoms. The van der Waals surface area contributed by atoms with E-state index in [4.69, 9.17) is 9.47 Å². The first-order chi connectivity index (χ1) is 25.0.